The molecule has 0 atom stereocenters. The Labute approximate surface area is 181 Å². The molecule has 2 aromatic carbocycles. The zero-order valence-electron chi connectivity index (χ0n) is 17.4. The second-order valence-electron chi connectivity index (χ2n) is 8.17. The molecule has 0 bridgehead atoms. The van der Waals surface area contributed by atoms with Crippen molar-refractivity contribution in [3.8, 4) is 0 Å². The van der Waals surface area contributed by atoms with E-state index in [1.807, 2.05) is 18.3 Å². The van der Waals surface area contributed by atoms with Crippen LogP contribution in [0.2, 0.25) is 0 Å². The van der Waals surface area contributed by atoms with Gasteiger partial charge in [0.2, 0.25) is 5.91 Å². The highest BCUT2D eigenvalue weighted by molar-refractivity contribution is 5.93. The van der Waals surface area contributed by atoms with E-state index in [1.54, 1.807) is 30.5 Å². The average molecular weight is 421 g/mol. The fourth-order valence-electron chi connectivity index (χ4n) is 4.37. The fraction of sp³-hybridized carbons (Fsp3) is 0.308. The van der Waals surface area contributed by atoms with Crippen molar-refractivity contribution in [1.82, 2.24) is 10.3 Å². The molecule has 4 rings (SSSR count). The Morgan fingerprint density at radius 1 is 0.935 bits per heavy atom. The number of carbonyl (C=O) groups is 1. The summed E-state index contributed by atoms with van der Waals surface area (Å²) in [5, 5.41) is 3.12. The highest BCUT2D eigenvalue weighted by atomic mass is 19.1. The Balaban J connectivity index is 1.53. The lowest BCUT2D eigenvalue weighted by atomic mass is 9.69. The molecule has 0 unspecified atom stereocenters. The first-order chi connectivity index (χ1) is 15.1. The van der Waals surface area contributed by atoms with Gasteiger partial charge in [0.05, 0.1) is 0 Å². The van der Waals surface area contributed by atoms with Crippen LogP contribution in [0, 0.1) is 17.6 Å². The smallest absolute Gasteiger partial charge is 0.235 e. The van der Waals surface area contributed by atoms with Crippen LogP contribution in [0.3, 0.4) is 0 Å². The maximum Gasteiger partial charge on any atom is 0.235 e. The molecule has 1 aliphatic rings. The zero-order valence-corrected chi connectivity index (χ0v) is 17.4. The predicted molar refractivity (Wildman–Crippen MR) is 116 cm³/mol. The molecule has 1 aromatic heterocycles. The topological polar surface area (TPSA) is 42.0 Å². The van der Waals surface area contributed by atoms with E-state index < -0.39 is 5.41 Å². The van der Waals surface area contributed by atoms with Gasteiger partial charge >= 0.3 is 0 Å². The third-order valence-corrected chi connectivity index (χ3v) is 6.05. The summed E-state index contributed by atoms with van der Waals surface area (Å²) >= 11 is 0. The molecule has 0 spiro atoms. The molecule has 0 saturated heterocycles. The summed E-state index contributed by atoms with van der Waals surface area (Å²) < 4.78 is 27.2. The van der Waals surface area contributed by atoms with E-state index in [0.717, 1.165) is 43.2 Å². The first-order valence-corrected chi connectivity index (χ1v) is 10.8. The van der Waals surface area contributed by atoms with E-state index in [-0.39, 0.29) is 23.5 Å². The molecule has 3 nitrogen and oxygen atoms in total. The number of unbranched alkanes of at least 4 members (excludes halogenated alkanes) is 1. The monoisotopic (exact) mass is 420 g/mol. The number of pyridine rings is 1. The normalized spacial score (nSPS) is 13.7. The summed E-state index contributed by atoms with van der Waals surface area (Å²) in [6.07, 6.45) is 8.12. The van der Waals surface area contributed by atoms with Crippen molar-refractivity contribution in [3.63, 3.8) is 0 Å². The molecule has 160 valence electrons. The number of nitrogens with zero attached hydrogens (tertiary/aromatic N) is 1. The van der Waals surface area contributed by atoms with Crippen molar-refractivity contribution in [1.29, 1.82) is 0 Å². The van der Waals surface area contributed by atoms with E-state index in [9.17, 15) is 13.6 Å². The van der Waals surface area contributed by atoms with Gasteiger partial charge in [0, 0.05) is 18.9 Å². The zero-order chi connectivity index (χ0) is 21.7. The number of nitrogens with one attached hydrogen (secondary N) is 1. The van der Waals surface area contributed by atoms with Gasteiger partial charge in [-0.2, -0.15) is 0 Å². The number of rotatable bonds is 9. The van der Waals surface area contributed by atoms with Gasteiger partial charge in [-0.05, 0) is 85.0 Å². The molecular weight excluding hydrogens is 394 g/mol. The molecule has 3 aromatic rings. The van der Waals surface area contributed by atoms with Crippen molar-refractivity contribution in [3.05, 3.63) is 101 Å². The molecule has 1 fully saturated rings. The minimum atomic E-state index is -0.940. The molecule has 1 amide bonds. The van der Waals surface area contributed by atoms with Crippen molar-refractivity contribution >= 4 is 5.91 Å². The lowest BCUT2D eigenvalue weighted by molar-refractivity contribution is -0.126. The number of aromatic nitrogens is 1. The molecule has 0 radical (unpaired) electrons. The largest absolute Gasteiger partial charge is 0.355 e. The first-order valence-electron chi connectivity index (χ1n) is 10.8. The highest BCUT2D eigenvalue weighted by Crippen LogP contribution is 2.51. The number of amides is 1. The fourth-order valence-corrected chi connectivity index (χ4v) is 4.37. The van der Waals surface area contributed by atoms with E-state index in [2.05, 4.69) is 10.3 Å². The predicted octanol–water partition coefficient (Wildman–Crippen LogP) is 5.20. The summed E-state index contributed by atoms with van der Waals surface area (Å²) in [5.41, 5.74) is 1.73. The van der Waals surface area contributed by atoms with Gasteiger partial charge in [0.1, 0.15) is 17.0 Å². The second kappa shape index (κ2) is 9.38. The average Bonchev–Trinajstić information content (AvgIpc) is 3.63. The molecule has 31 heavy (non-hydrogen) atoms. The lowest BCUT2D eigenvalue weighted by Gasteiger charge is -2.34. The maximum absolute atomic E-state index is 13.6. The molecule has 5 heteroatoms. The van der Waals surface area contributed by atoms with Crippen LogP contribution in [-0.4, -0.2) is 17.4 Å². The Bertz CT molecular complexity index is 954. The van der Waals surface area contributed by atoms with Gasteiger partial charge in [-0.3, -0.25) is 9.78 Å². The van der Waals surface area contributed by atoms with Gasteiger partial charge in [-0.15, -0.1) is 0 Å². The van der Waals surface area contributed by atoms with Crippen molar-refractivity contribution < 1.29 is 13.6 Å². The number of hydrogen-bond acceptors (Lipinski definition) is 2. The van der Waals surface area contributed by atoms with Gasteiger partial charge in [-0.25, -0.2) is 8.78 Å². The summed E-state index contributed by atoms with van der Waals surface area (Å²) in [6, 6.07) is 16.2. The molecular formula is C26H26F2N2O. The minimum absolute atomic E-state index is 0.102. The van der Waals surface area contributed by atoms with Crippen LogP contribution in [0.15, 0.2) is 73.1 Å². The molecule has 0 aliphatic heterocycles. The van der Waals surface area contributed by atoms with Crippen LogP contribution in [0.5, 0.6) is 0 Å². The minimum Gasteiger partial charge on any atom is -0.355 e. The third-order valence-electron chi connectivity index (χ3n) is 6.05. The Morgan fingerprint density at radius 3 is 2.06 bits per heavy atom. The quantitative estimate of drug-likeness (QED) is 0.484. The summed E-state index contributed by atoms with van der Waals surface area (Å²) in [7, 11) is 0. The van der Waals surface area contributed by atoms with Crippen LogP contribution in [0.25, 0.3) is 0 Å². The molecule has 1 heterocycles. The number of halogens is 2. The van der Waals surface area contributed by atoms with Crippen LogP contribution >= 0.6 is 0 Å². The van der Waals surface area contributed by atoms with Gasteiger partial charge in [0.25, 0.3) is 0 Å². The van der Waals surface area contributed by atoms with E-state index in [0.29, 0.717) is 6.54 Å². The SMILES string of the molecule is O=C(NCCCCc1cccnc1)C(c1ccc(F)cc1)(c1ccc(F)cc1)C1CC1. The van der Waals surface area contributed by atoms with Crippen LogP contribution in [0.4, 0.5) is 8.78 Å². The van der Waals surface area contributed by atoms with Crippen LogP contribution < -0.4 is 5.32 Å². The number of carbonyl (C=O) groups excluding carboxylic acids is 1. The summed E-state index contributed by atoms with van der Waals surface area (Å²) in [5.74, 6) is -0.680. The van der Waals surface area contributed by atoms with Crippen LogP contribution in [-0.2, 0) is 16.6 Å². The van der Waals surface area contributed by atoms with E-state index in [4.69, 9.17) is 0 Å². The molecule has 1 saturated carbocycles. The molecule has 1 N–H and O–H groups in total. The standard InChI is InChI=1S/C26H26F2N2O/c27-23-12-8-21(9-13-23)26(20-6-7-20,22-10-14-24(28)15-11-22)25(31)30-17-2-1-4-19-5-3-16-29-18-19/h3,5,8-16,18,20H,1-2,4,6-7,17H2,(H,30,31). The van der Waals surface area contributed by atoms with E-state index in [1.165, 1.54) is 29.8 Å². The van der Waals surface area contributed by atoms with Crippen molar-refractivity contribution in [2.45, 2.75) is 37.5 Å². The Morgan fingerprint density at radius 2 is 1.55 bits per heavy atom. The van der Waals surface area contributed by atoms with Gasteiger partial charge in [0.15, 0.2) is 0 Å². The van der Waals surface area contributed by atoms with Gasteiger partial charge in [-0.1, -0.05) is 30.3 Å². The van der Waals surface area contributed by atoms with Crippen molar-refractivity contribution in [2.24, 2.45) is 5.92 Å². The Hall–Kier alpha value is -3.08. The highest BCUT2D eigenvalue weighted by Gasteiger charge is 2.53. The summed E-state index contributed by atoms with van der Waals surface area (Å²) in [6.45, 7) is 0.552. The summed E-state index contributed by atoms with van der Waals surface area (Å²) in [4.78, 5) is 17.8. The van der Waals surface area contributed by atoms with Crippen LogP contribution in [0.1, 0.15) is 42.4 Å². The lowest BCUT2D eigenvalue weighted by Crippen LogP contribution is -2.47. The maximum atomic E-state index is 13.6. The number of benzene rings is 2. The van der Waals surface area contributed by atoms with Crippen molar-refractivity contribution in [2.75, 3.05) is 6.54 Å². The number of aryl methyl sites for hydroxylation is 1. The van der Waals surface area contributed by atoms with Gasteiger partial charge < -0.3 is 5.32 Å². The second-order valence-corrected chi connectivity index (χ2v) is 8.17. The number of hydrogen-bond donors (Lipinski definition) is 1. The Kier molecular flexibility index (Phi) is 6.40. The third kappa shape index (κ3) is 4.66. The first kappa shape index (κ1) is 21.2. The van der Waals surface area contributed by atoms with E-state index >= 15 is 0 Å². The molecule has 1 aliphatic carbocycles.